The monoisotopic (exact) mass is 319 g/mol. The first-order valence-corrected chi connectivity index (χ1v) is 6.80. The molecule has 1 heterocycles. The smallest absolute Gasteiger partial charge is 0.316 e. The van der Waals surface area contributed by atoms with E-state index in [1.165, 1.54) is 12.1 Å². The highest BCUT2D eigenvalue weighted by Gasteiger charge is 2.09. The number of anilines is 1. The number of hydrogen-bond acceptors (Lipinski definition) is 5. The van der Waals surface area contributed by atoms with Gasteiger partial charge < -0.3 is 14.8 Å². The lowest BCUT2D eigenvalue weighted by Gasteiger charge is -2.02. The molecular formula is C15H11ClFN3O2. The van der Waals surface area contributed by atoms with Crippen LogP contribution in [0.4, 0.5) is 10.4 Å². The van der Waals surface area contributed by atoms with Gasteiger partial charge in [-0.05, 0) is 35.9 Å². The summed E-state index contributed by atoms with van der Waals surface area (Å²) < 4.78 is 18.7. The van der Waals surface area contributed by atoms with Crippen LogP contribution in [-0.4, -0.2) is 15.3 Å². The Balaban J connectivity index is 1.70. The summed E-state index contributed by atoms with van der Waals surface area (Å²) in [6, 6.07) is 11.4. The molecule has 0 aliphatic carbocycles. The van der Waals surface area contributed by atoms with Gasteiger partial charge in [-0.3, -0.25) is 0 Å². The highest BCUT2D eigenvalue weighted by atomic mass is 35.5. The summed E-state index contributed by atoms with van der Waals surface area (Å²) in [5.41, 5.74) is 1.35. The van der Waals surface area contributed by atoms with Gasteiger partial charge in [0.1, 0.15) is 0 Å². The number of hydrogen-bond donors (Lipinski definition) is 2. The Morgan fingerprint density at radius 1 is 1.18 bits per heavy atom. The van der Waals surface area contributed by atoms with E-state index in [1.54, 1.807) is 30.3 Å². The number of phenolic OH excluding ortho intramolecular Hbond substituents is 1. The molecule has 0 fully saturated rings. The van der Waals surface area contributed by atoms with E-state index in [1.807, 2.05) is 0 Å². The summed E-state index contributed by atoms with van der Waals surface area (Å²) >= 11 is 5.91. The molecule has 2 N–H and O–H groups in total. The van der Waals surface area contributed by atoms with Gasteiger partial charge >= 0.3 is 6.01 Å². The summed E-state index contributed by atoms with van der Waals surface area (Å²) in [4.78, 5) is 0. The molecule has 0 atom stereocenters. The SMILES string of the molecule is Oc1ccc(CNc2nnc(-c3cccc(Cl)c3)o2)cc1F. The molecule has 0 saturated heterocycles. The molecule has 0 saturated carbocycles. The van der Waals surface area contributed by atoms with Crippen molar-refractivity contribution in [3.8, 4) is 17.2 Å². The van der Waals surface area contributed by atoms with Crippen molar-refractivity contribution < 1.29 is 13.9 Å². The Morgan fingerprint density at radius 3 is 2.82 bits per heavy atom. The Morgan fingerprint density at radius 2 is 2.05 bits per heavy atom. The first kappa shape index (κ1) is 14.3. The Labute approximate surface area is 130 Å². The zero-order valence-corrected chi connectivity index (χ0v) is 12.0. The first-order chi connectivity index (χ1) is 10.6. The van der Waals surface area contributed by atoms with Crippen molar-refractivity contribution >= 4 is 17.6 Å². The highest BCUT2D eigenvalue weighted by molar-refractivity contribution is 6.30. The maximum absolute atomic E-state index is 13.2. The van der Waals surface area contributed by atoms with Gasteiger partial charge in [0.25, 0.3) is 0 Å². The lowest BCUT2D eigenvalue weighted by molar-refractivity contribution is 0.432. The molecule has 7 heteroatoms. The van der Waals surface area contributed by atoms with E-state index in [4.69, 9.17) is 21.1 Å². The van der Waals surface area contributed by atoms with Crippen LogP contribution in [0.1, 0.15) is 5.56 Å². The normalized spacial score (nSPS) is 10.6. The number of benzene rings is 2. The molecule has 0 radical (unpaired) electrons. The van der Waals surface area contributed by atoms with Crippen molar-refractivity contribution in [1.29, 1.82) is 0 Å². The van der Waals surface area contributed by atoms with Gasteiger partial charge in [0.2, 0.25) is 5.89 Å². The number of rotatable bonds is 4. The van der Waals surface area contributed by atoms with Crippen LogP contribution in [0, 0.1) is 5.82 Å². The molecule has 3 rings (SSSR count). The van der Waals surface area contributed by atoms with Crippen molar-refractivity contribution in [2.45, 2.75) is 6.54 Å². The minimum atomic E-state index is -0.676. The maximum atomic E-state index is 13.2. The zero-order chi connectivity index (χ0) is 15.5. The predicted octanol–water partition coefficient (Wildman–Crippen LogP) is 3.85. The van der Waals surface area contributed by atoms with Crippen LogP contribution in [0.3, 0.4) is 0 Å². The first-order valence-electron chi connectivity index (χ1n) is 6.42. The molecule has 0 bridgehead atoms. The van der Waals surface area contributed by atoms with Crippen molar-refractivity contribution in [2.75, 3.05) is 5.32 Å². The van der Waals surface area contributed by atoms with Gasteiger partial charge in [-0.1, -0.05) is 28.8 Å². The largest absolute Gasteiger partial charge is 0.505 e. The van der Waals surface area contributed by atoms with Crippen LogP contribution in [0.2, 0.25) is 5.02 Å². The maximum Gasteiger partial charge on any atom is 0.316 e. The fourth-order valence-corrected chi connectivity index (χ4v) is 2.06. The quantitative estimate of drug-likeness (QED) is 0.764. The fraction of sp³-hybridized carbons (Fsp3) is 0.0667. The van der Waals surface area contributed by atoms with Gasteiger partial charge in [0, 0.05) is 17.1 Å². The molecule has 0 spiro atoms. The zero-order valence-electron chi connectivity index (χ0n) is 11.3. The molecule has 5 nitrogen and oxygen atoms in total. The van der Waals surface area contributed by atoms with Crippen LogP contribution in [0.5, 0.6) is 5.75 Å². The van der Waals surface area contributed by atoms with Gasteiger partial charge in [0.05, 0.1) is 0 Å². The Hall–Kier alpha value is -2.60. The number of nitrogens with zero attached hydrogens (tertiary/aromatic N) is 2. The lowest BCUT2D eigenvalue weighted by Crippen LogP contribution is -1.99. The van der Waals surface area contributed by atoms with Crippen LogP contribution < -0.4 is 5.32 Å². The fourth-order valence-electron chi connectivity index (χ4n) is 1.87. The van der Waals surface area contributed by atoms with Crippen molar-refractivity contribution in [3.05, 3.63) is 58.9 Å². The Bertz CT molecular complexity index is 807. The third-order valence-corrected chi connectivity index (χ3v) is 3.19. The van der Waals surface area contributed by atoms with Crippen molar-refractivity contribution in [2.24, 2.45) is 0 Å². The lowest BCUT2D eigenvalue weighted by atomic mass is 10.2. The minimum absolute atomic E-state index is 0.212. The molecule has 3 aromatic rings. The Kier molecular flexibility index (Phi) is 3.93. The van der Waals surface area contributed by atoms with E-state index in [0.29, 0.717) is 22.0 Å². The molecule has 112 valence electrons. The summed E-state index contributed by atoms with van der Waals surface area (Å²) in [6.07, 6.45) is 0. The standard InChI is InChI=1S/C15H11ClFN3O2/c16-11-3-1-2-10(7-11)14-19-20-15(22-14)18-8-9-4-5-13(21)12(17)6-9/h1-7,21H,8H2,(H,18,20). The molecule has 22 heavy (non-hydrogen) atoms. The predicted molar refractivity (Wildman–Crippen MR) is 80.1 cm³/mol. The number of aromatic hydroxyl groups is 1. The van der Waals surface area contributed by atoms with Crippen molar-refractivity contribution in [1.82, 2.24) is 10.2 Å². The molecule has 1 aromatic heterocycles. The van der Waals surface area contributed by atoms with Crippen LogP contribution >= 0.6 is 11.6 Å². The number of halogens is 2. The van der Waals surface area contributed by atoms with E-state index >= 15 is 0 Å². The van der Waals surface area contributed by atoms with Gasteiger partial charge in [-0.2, -0.15) is 0 Å². The molecule has 0 aliphatic heterocycles. The third kappa shape index (κ3) is 3.17. The third-order valence-electron chi connectivity index (χ3n) is 2.95. The summed E-state index contributed by atoms with van der Waals surface area (Å²) in [5, 5.41) is 20.4. The van der Waals surface area contributed by atoms with Crippen LogP contribution in [0.15, 0.2) is 46.9 Å². The minimum Gasteiger partial charge on any atom is -0.505 e. The van der Waals surface area contributed by atoms with Gasteiger partial charge in [0.15, 0.2) is 11.6 Å². The van der Waals surface area contributed by atoms with E-state index in [9.17, 15) is 4.39 Å². The van der Waals surface area contributed by atoms with E-state index in [0.717, 1.165) is 0 Å². The average molecular weight is 320 g/mol. The van der Waals surface area contributed by atoms with Crippen molar-refractivity contribution in [3.63, 3.8) is 0 Å². The summed E-state index contributed by atoms with van der Waals surface area (Å²) in [5.74, 6) is -0.726. The molecule has 0 unspecified atom stereocenters. The molecular weight excluding hydrogens is 309 g/mol. The van der Waals surface area contributed by atoms with Crippen LogP contribution in [-0.2, 0) is 6.54 Å². The second-order valence-corrected chi connectivity index (χ2v) is 5.00. The second-order valence-electron chi connectivity index (χ2n) is 4.56. The average Bonchev–Trinajstić information content (AvgIpc) is 2.97. The van der Waals surface area contributed by atoms with Crippen LogP contribution in [0.25, 0.3) is 11.5 Å². The molecule has 2 aromatic carbocycles. The summed E-state index contributed by atoms with van der Waals surface area (Å²) in [7, 11) is 0. The molecule has 0 aliphatic rings. The van der Waals surface area contributed by atoms with E-state index in [-0.39, 0.29) is 18.3 Å². The topological polar surface area (TPSA) is 71.2 Å². The number of aromatic nitrogens is 2. The number of phenols is 1. The summed E-state index contributed by atoms with van der Waals surface area (Å²) in [6.45, 7) is 0.286. The second kappa shape index (κ2) is 6.03. The van der Waals surface area contributed by atoms with E-state index < -0.39 is 5.82 Å². The van der Waals surface area contributed by atoms with Gasteiger partial charge in [-0.25, -0.2) is 4.39 Å². The molecule has 0 amide bonds. The number of nitrogens with one attached hydrogen (secondary N) is 1. The van der Waals surface area contributed by atoms with Gasteiger partial charge in [-0.15, -0.1) is 5.10 Å². The highest BCUT2D eigenvalue weighted by Crippen LogP contribution is 2.23. The van der Waals surface area contributed by atoms with E-state index in [2.05, 4.69) is 15.5 Å².